The molecule has 1 aliphatic carbocycles. The van der Waals surface area contributed by atoms with Gasteiger partial charge in [0.25, 0.3) is 0 Å². The molecule has 0 atom stereocenters. The van der Waals surface area contributed by atoms with Crippen molar-refractivity contribution in [3.8, 4) is 5.75 Å². The Morgan fingerprint density at radius 3 is 2.50 bits per heavy atom. The summed E-state index contributed by atoms with van der Waals surface area (Å²) in [7, 11) is 0. The molecule has 4 heteroatoms. The quantitative estimate of drug-likeness (QED) is 0.789. The number of benzene rings is 1. The first-order valence-corrected chi connectivity index (χ1v) is 7.32. The number of carbonyl (C=O) groups is 1. The molecule has 2 rings (SSSR count). The minimum atomic E-state index is -0.385. The van der Waals surface area contributed by atoms with Crippen LogP contribution in [0.1, 0.15) is 38.2 Å². The van der Waals surface area contributed by atoms with Crippen molar-refractivity contribution in [2.24, 2.45) is 17.1 Å². The highest BCUT2D eigenvalue weighted by Gasteiger charge is 2.39. The van der Waals surface area contributed by atoms with E-state index in [2.05, 4.69) is 12.2 Å². The molecule has 1 aromatic carbocycles. The molecule has 1 aliphatic rings. The van der Waals surface area contributed by atoms with E-state index in [0.717, 1.165) is 31.2 Å². The lowest BCUT2D eigenvalue weighted by atomic mass is 9.70. The smallest absolute Gasteiger partial charge is 0.227 e. The fourth-order valence-corrected chi connectivity index (χ4v) is 2.82. The van der Waals surface area contributed by atoms with Gasteiger partial charge in [-0.3, -0.25) is 4.79 Å². The molecule has 0 aliphatic heterocycles. The lowest BCUT2D eigenvalue weighted by Gasteiger charge is -2.37. The number of nitrogens with two attached hydrogens (primary N) is 1. The van der Waals surface area contributed by atoms with Crippen LogP contribution >= 0.6 is 0 Å². The maximum absolute atomic E-state index is 12.5. The van der Waals surface area contributed by atoms with Crippen molar-refractivity contribution in [2.75, 3.05) is 6.54 Å². The van der Waals surface area contributed by atoms with Gasteiger partial charge in [-0.15, -0.1) is 0 Å². The van der Waals surface area contributed by atoms with Crippen LogP contribution in [0, 0.1) is 11.3 Å². The summed E-state index contributed by atoms with van der Waals surface area (Å²) >= 11 is 0. The zero-order valence-electron chi connectivity index (χ0n) is 12.1. The molecule has 0 saturated heterocycles. The monoisotopic (exact) mass is 276 g/mol. The number of phenols is 1. The molecule has 0 spiro atoms. The molecule has 20 heavy (non-hydrogen) atoms. The van der Waals surface area contributed by atoms with E-state index in [-0.39, 0.29) is 17.1 Å². The molecular formula is C16H24N2O2. The van der Waals surface area contributed by atoms with Gasteiger partial charge in [0.1, 0.15) is 5.75 Å². The highest BCUT2D eigenvalue weighted by atomic mass is 16.3. The average molecular weight is 276 g/mol. The fraction of sp³-hybridized carbons (Fsp3) is 0.562. The summed E-state index contributed by atoms with van der Waals surface area (Å²) in [6.07, 6.45) is 3.91. The number of phenolic OH excluding ortho intramolecular Hbond substituents is 1. The van der Waals surface area contributed by atoms with Gasteiger partial charge in [-0.1, -0.05) is 19.1 Å². The molecule has 4 nitrogen and oxygen atoms in total. The van der Waals surface area contributed by atoms with Gasteiger partial charge in [0.15, 0.2) is 0 Å². The summed E-state index contributed by atoms with van der Waals surface area (Å²) < 4.78 is 0. The van der Waals surface area contributed by atoms with E-state index in [0.29, 0.717) is 19.0 Å². The van der Waals surface area contributed by atoms with Crippen LogP contribution in [0.3, 0.4) is 0 Å². The largest absolute Gasteiger partial charge is 0.508 e. The van der Waals surface area contributed by atoms with Gasteiger partial charge in [0, 0.05) is 13.1 Å². The third-order valence-corrected chi connectivity index (χ3v) is 4.49. The van der Waals surface area contributed by atoms with Crippen LogP contribution in [0.25, 0.3) is 0 Å². The van der Waals surface area contributed by atoms with E-state index < -0.39 is 0 Å². The summed E-state index contributed by atoms with van der Waals surface area (Å²) in [4.78, 5) is 12.5. The maximum Gasteiger partial charge on any atom is 0.227 e. The van der Waals surface area contributed by atoms with Crippen molar-refractivity contribution < 1.29 is 9.90 Å². The lowest BCUT2D eigenvalue weighted by molar-refractivity contribution is -0.133. The normalized spacial score (nSPS) is 26.2. The van der Waals surface area contributed by atoms with Gasteiger partial charge in [-0.25, -0.2) is 0 Å². The van der Waals surface area contributed by atoms with Crippen molar-refractivity contribution in [1.82, 2.24) is 5.32 Å². The van der Waals surface area contributed by atoms with E-state index in [1.807, 2.05) is 12.1 Å². The standard InChI is InChI=1S/C16H24N2O2/c1-12-6-8-16(11-17,9-7-12)15(20)18-10-13-2-4-14(19)5-3-13/h2-5,12,19H,6-11,17H2,1H3,(H,18,20). The average Bonchev–Trinajstić information content (AvgIpc) is 2.47. The molecule has 1 fully saturated rings. The van der Waals surface area contributed by atoms with Gasteiger partial charge in [0.2, 0.25) is 5.91 Å². The van der Waals surface area contributed by atoms with Crippen LogP contribution in [0.2, 0.25) is 0 Å². The minimum Gasteiger partial charge on any atom is -0.508 e. The van der Waals surface area contributed by atoms with Crippen molar-refractivity contribution in [3.05, 3.63) is 29.8 Å². The summed E-state index contributed by atoms with van der Waals surface area (Å²) in [6.45, 7) is 3.13. The number of amides is 1. The molecule has 0 radical (unpaired) electrons. The molecule has 0 unspecified atom stereocenters. The Bertz CT molecular complexity index is 448. The number of hydrogen-bond donors (Lipinski definition) is 3. The van der Waals surface area contributed by atoms with Crippen molar-refractivity contribution in [2.45, 2.75) is 39.2 Å². The number of nitrogens with one attached hydrogen (secondary N) is 1. The molecule has 4 N–H and O–H groups in total. The Kier molecular flexibility index (Phi) is 4.65. The molecule has 0 heterocycles. The highest BCUT2D eigenvalue weighted by Crippen LogP contribution is 2.38. The second-order valence-corrected chi connectivity index (χ2v) is 6.02. The zero-order valence-corrected chi connectivity index (χ0v) is 12.1. The van der Waals surface area contributed by atoms with E-state index in [4.69, 9.17) is 5.73 Å². The first kappa shape index (κ1) is 14.9. The van der Waals surface area contributed by atoms with Crippen LogP contribution in [0.15, 0.2) is 24.3 Å². The third-order valence-electron chi connectivity index (χ3n) is 4.49. The first-order chi connectivity index (χ1) is 9.55. The van der Waals surface area contributed by atoms with Crippen molar-refractivity contribution in [1.29, 1.82) is 0 Å². The minimum absolute atomic E-state index is 0.0694. The molecule has 1 aromatic rings. The van der Waals surface area contributed by atoms with Gasteiger partial charge in [-0.2, -0.15) is 0 Å². The second kappa shape index (κ2) is 6.27. The van der Waals surface area contributed by atoms with Gasteiger partial charge in [0.05, 0.1) is 5.41 Å². The number of hydrogen-bond acceptors (Lipinski definition) is 3. The summed E-state index contributed by atoms with van der Waals surface area (Å²) in [6, 6.07) is 6.88. The molecule has 1 amide bonds. The van der Waals surface area contributed by atoms with Gasteiger partial charge < -0.3 is 16.2 Å². The van der Waals surface area contributed by atoms with Crippen molar-refractivity contribution >= 4 is 5.91 Å². The summed E-state index contributed by atoms with van der Waals surface area (Å²) in [5, 5.41) is 12.2. The van der Waals surface area contributed by atoms with Crippen LogP contribution in [0.4, 0.5) is 0 Å². The Hall–Kier alpha value is -1.55. The van der Waals surface area contributed by atoms with E-state index in [1.54, 1.807) is 12.1 Å². The molecule has 1 saturated carbocycles. The fourth-order valence-electron chi connectivity index (χ4n) is 2.82. The molecule has 0 bridgehead atoms. The van der Waals surface area contributed by atoms with E-state index in [1.165, 1.54) is 0 Å². The van der Waals surface area contributed by atoms with E-state index >= 15 is 0 Å². The SMILES string of the molecule is CC1CCC(CN)(C(=O)NCc2ccc(O)cc2)CC1. The lowest BCUT2D eigenvalue weighted by Crippen LogP contribution is -2.47. The van der Waals surface area contributed by atoms with Crippen LogP contribution in [0.5, 0.6) is 5.75 Å². The predicted molar refractivity (Wildman–Crippen MR) is 79.1 cm³/mol. The first-order valence-electron chi connectivity index (χ1n) is 7.32. The second-order valence-electron chi connectivity index (χ2n) is 6.02. The Balaban J connectivity index is 1.94. The van der Waals surface area contributed by atoms with E-state index in [9.17, 15) is 9.90 Å². The van der Waals surface area contributed by atoms with Gasteiger partial charge in [-0.05, 0) is 49.3 Å². The summed E-state index contributed by atoms with van der Waals surface area (Å²) in [5.41, 5.74) is 6.47. The Morgan fingerprint density at radius 1 is 1.35 bits per heavy atom. The van der Waals surface area contributed by atoms with Crippen LogP contribution in [-0.2, 0) is 11.3 Å². The number of carbonyl (C=O) groups excluding carboxylic acids is 1. The Morgan fingerprint density at radius 2 is 1.95 bits per heavy atom. The van der Waals surface area contributed by atoms with Crippen LogP contribution < -0.4 is 11.1 Å². The molecule has 0 aromatic heterocycles. The number of rotatable bonds is 4. The zero-order chi connectivity index (χ0) is 14.6. The van der Waals surface area contributed by atoms with Gasteiger partial charge >= 0.3 is 0 Å². The molecular weight excluding hydrogens is 252 g/mol. The summed E-state index contributed by atoms with van der Waals surface area (Å²) in [5.74, 6) is 0.999. The highest BCUT2D eigenvalue weighted by molar-refractivity contribution is 5.83. The topological polar surface area (TPSA) is 75.4 Å². The Labute approximate surface area is 120 Å². The number of aromatic hydroxyl groups is 1. The maximum atomic E-state index is 12.5. The molecule has 110 valence electrons. The third kappa shape index (κ3) is 3.31. The van der Waals surface area contributed by atoms with Crippen LogP contribution in [-0.4, -0.2) is 17.6 Å². The van der Waals surface area contributed by atoms with Crippen molar-refractivity contribution in [3.63, 3.8) is 0 Å². The predicted octanol–water partition coefficient (Wildman–Crippen LogP) is 2.16.